The summed E-state index contributed by atoms with van der Waals surface area (Å²) in [5.74, 6) is -0.932. The molecular formula is C26H23NO4S. The summed E-state index contributed by atoms with van der Waals surface area (Å²) in [4.78, 5) is 11.5. The lowest BCUT2D eigenvalue weighted by molar-refractivity contribution is 0.0695. The Balaban J connectivity index is 1.65. The van der Waals surface area contributed by atoms with Crippen molar-refractivity contribution in [3.05, 3.63) is 108 Å². The third-order valence-corrected chi connectivity index (χ3v) is 6.20. The fourth-order valence-corrected chi connectivity index (χ4v) is 4.69. The number of aromatic carboxylic acids is 1. The van der Waals surface area contributed by atoms with Gasteiger partial charge in [0, 0.05) is 5.39 Å². The van der Waals surface area contributed by atoms with Crippen LogP contribution < -0.4 is 4.31 Å². The number of nitrogens with zero attached hydrogens (tertiary/aromatic N) is 1. The molecule has 4 aromatic rings. The fourth-order valence-electron chi connectivity index (χ4n) is 4.02. The van der Waals surface area contributed by atoms with Crippen LogP contribution in [0.15, 0.2) is 91.0 Å². The summed E-state index contributed by atoms with van der Waals surface area (Å²) in [7, 11) is 0. The lowest BCUT2D eigenvalue weighted by atomic mass is 9.99. The minimum absolute atomic E-state index is 0.314. The van der Waals surface area contributed by atoms with Gasteiger partial charge in [0.25, 0.3) is 11.3 Å². The van der Waals surface area contributed by atoms with Crippen molar-refractivity contribution in [3.63, 3.8) is 0 Å². The lowest BCUT2D eigenvalue weighted by Crippen LogP contribution is -2.21. The summed E-state index contributed by atoms with van der Waals surface area (Å²) in [6.45, 7) is 0. The van der Waals surface area contributed by atoms with Crippen molar-refractivity contribution in [1.82, 2.24) is 0 Å². The van der Waals surface area contributed by atoms with E-state index in [4.69, 9.17) is 0 Å². The van der Waals surface area contributed by atoms with Gasteiger partial charge in [0.2, 0.25) is 0 Å². The molecule has 0 saturated heterocycles. The topological polar surface area (TPSA) is 77.8 Å². The first-order chi connectivity index (χ1) is 15.6. The number of hydrogen-bond donors (Lipinski definition) is 2. The molecule has 6 heteroatoms. The zero-order valence-electron chi connectivity index (χ0n) is 17.3. The van der Waals surface area contributed by atoms with Crippen molar-refractivity contribution in [2.75, 3.05) is 4.31 Å². The number of fused-ring (bicyclic) bond motifs is 1. The highest BCUT2D eigenvalue weighted by Crippen LogP contribution is 2.35. The van der Waals surface area contributed by atoms with Crippen LogP contribution in [-0.4, -0.2) is 19.8 Å². The summed E-state index contributed by atoms with van der Waals surface area (Å²) in [6.07, 6.45) is 1.96. The second-order valence-electron chi connectivity index (χ2n) is 7.47. The molecule has 0 amide bonds. The molecule has 4 aromatic carbocycles. The first kappa shape index (κ1) is 21.7. The molecule has 0 aromatic heterocycles. The smallest absolute Gasteiger partial charge is 0.335 e. The molecule has 2 N–H and O–H groups in total. The van der Waals surface area contributed by atoms with Gasteiger partial charge >= 0.3 is 5.97 Å². The van der Waals surface area contributed by atoms with Crippen LogP contribution in [0.1, 0.15) is 27.9 Å². The van der Waals surface area contributed by atoms with E-state index in [9.17, 15) is 18.7 Å². The molecule has 1 unspecified atom stereocenters. The Labute approximate surface area is 189 Å². The number of hydrogen-bond acceptors (Lipinski definition) is 2. The van der Waals surface area contributed by atoms with Gasteiger partial charge in [-0.05, 0) is 54.0 Å². The highest BCUT2D eigenvalue weighted by Gasteiger charge is 2.20. The largest absolute Gasteiger partial charge is 0.478 e. The zero-order valence-corrected chi connectivity index (χ0v) is 18.2. The van der Waals surface area contributed by atoms with E-state index < -0.39 is 17.2 Å². The van der Waals surface area contributed by atoms with Gasteiger partial charge < -0.3 is 5.11 Å². The van der Waals surface area contributed by atoms with Crippen LogP contribution in [0.4, 0.5) is 11.4 Å². The standard InChI is InChI=1S/C26H23NO4S/c28-26(29)23-16-5-2-10-20(23)12-7-14-21-11-3-6-17-24(21)27(32(30)31)25-18-8-13-19-9-1-4-15-22(19)25/h1-6,8-11,13,15-18H,7,12,14H2,(H,28,29)(H,30,31). The summed E-state index contributed by atoms with van der Waals surface area (Å²) in [6, 6.07) is 28.0. The molecule has 0 radical (unpaired) electrons. The van der Waals surface area contributed by atoms with Crippen LogP contribution in [0.25, 0.3) is 10.8 Å². The minimum atomic E-state index is -2.27. The number of carboxylic acids is 1. The molecule has 0 saturated carbocycles. The van der Waals surface area contributed by atoms with Crippen LogP contribution >= 0.6 is 0 Å². The molecule has 32 heavy (non-hydrogen) atoms. The van der Waals surface area contributed by atoms with Gasteiger partial charge in [-0.2, -0.15) is 0 Å². The van der Waals surface area contributed by atoms with Gasteiger partial charge in [-0.25, -0.2) is 13.3 Å². The Morgan fingerprint density at radius 1 is 0.750 bits per heavy atom. The van der Waals surface area contributed by atoms with E-state index in [1.165, 1.54) is 4.31 Å². The van der Waals surface area contributed by atoms with E-state index in [0.29, 0.717) is 36.2 Å². The normalized spacial score (nSPS) is 11.9. The van der Waals surface area contributed by atoms with Gasteiger partial charge in [0.1, 0.15) is 0 Å². The summed E-state index contributed by atoms with van der Waals surface area (Å²) < 4.78 is 24.2. The SMILES string of the molecule is O=C(O)c1ccccc1CCCc1ccccc1N(c1cccc2ccccc12)S(=O)O. The third-order valence-electron chi connectivity index (χ3n) is 5.49. The molecule has 0 bridgehead atoms. The summed E-state index contributed by atoms with van der Waals surface area (Å²) >= 11 is -2.27. The molecule has 0 aliphatic rings. The number of benzene rings is 4. The van der Waals surface area contributed by atoms with Gasteiger partial charge in [0.05, 0.1) is 16.9 Å². The zero-order chi connectivity index (χ0) is 22.5. The Kier molecular flexibility index (Phi) is 6.63. The second-order valence-corrected chi connectivity index (χ2v) is 8.29. The monoisotopic (exact) mass is 445 g/mol. The highest BCUT2D eigenvalue weighted by atomic mass is 32.2. The van der Waals surface area contributed by atoms with Crippen molar-refractivity contribution in [2.45, 2.75) is 19.3 Å². The lowest BCUT2D eigenvalue weighted by Gasteiger charge is -2.24. The number of carbonyl (C=O) groups is 1. The Morgan fingerprint density at radius 3 is 2.12 bits per heavy atom. The Bertz CT molecular complexity index is 1280. The number of para-hydroxylation sites is 1. The van der Waals surface area contributed by atoms with E-state index in [1.54, 1.807) is 12.1 Å². The Morgan fingerprint density at radius 2 is 1.34 bits per heavy atom. The fraction of sp³-hybridized carbons (Fsp3) is 0.115. The van der Waals surface area contributed by atoms with Gasteiger partial charge in [-0.3, -0.25) is 4.55 Å². The van der Waals surface area contributed by atoms with Crippen molar-refractivity contribution in [2.24, 2.45) is 0 Å². The van der Waals surface area contributed by atoms with Crippen molar-refractivity contribution >= 4 is 39.4 Å². The molecule has 0 spiro atoms. The van der Waals surface area contributed by atoms with Crippen LogP contribution in [0.5, 0.6) is 0 Å². The number of aryl methyl sites for hydroxylation is 2. The van der Waals surface area contributed by atoms with Crippen molar-refractivity contribution < 1.29 is 18.7 Å². The van der Waals surface area contributed by atoms with Crippen LogP contribution in [0, 0.1) is 0 Å². The summed E-state index contributed by atoms with van der Waals surface area (Å²) in [5, 5.41) is 11.3. The second kappa shape index (κ2) is 9.77. The van der Waals surface area contributed by atoms with E-state index in [-0.39, 0.29) is 0 Å². The quantitative estimate of drug-likeness (QED) is 0.327. The highest BCUT2D eigenvalue weighted by molar-refractivity contribution is 7.81. The molecule has 0 aliphatic heterocycles. The van der Waals surface area contributed by atoms with Crippen molar-refractivity contribution in [1.29, 1.82) is 0 Å². The predicted octanol–water partition coefficient (Wildman–Crippen LogP) is 5.99. The molecule has 5 nitrogen and oxygen atoms in total. The first-order valence-electron chi connectivity index (χ1n) is 10.3. The first-order valence-corrected chi connectivity index (χ1v) is 11.4. The predicted molar refractivity (Wildman–Crippen MR) is 129 cm³/mol. The number of anilines is 2. The molecule has 0 aliphatic carbocycles. The Hall–Kier alpha value is -3.48. The van der Waals surface area contributed by atoms with Crippen LogP contribution in [0.3, 0.4) is 0 Å². The van der Waals surface area contributed by atoms with Gasteiger partial charge in [-0.1, -0.05) is 72.8 Å². The maximum absolute atomic E-state index is 12.5. The summed E-state index contributed by atoms with van der Waals surface area (Å²) in [5.41, 5.74) is 3.35. The average molecular weight is 446 g/mol. The average Bonchev–Trinajstić information content (AvgIpc) is 2.80. The maximum Gasteiger partial charge on any atom is 0.335 e. The molecule has 0 heterocycles. The van der Waals surface area contributed by atoms with E-state index >= 15 is 0 Å². The number of carboxylic acid groups (broad SMARTS) is 1. The minimum Gasteiger partial charge on any atom is -0.478 e. The molecular weight excluding hydrogens is 422 g/mol. The molecule has 162 valence electrons. The third kappa shape index (κ3) is 4.56. The number of rotatable bonds is 8. The van der Waals surface area contributed by atoms with Gasteiger partial charge in [0.15, 0.2) is 0 Å². The van der Waals surface area contributed by atoms with E-state index in [1.807, 2.05) is 78.9 Å². The molecule has 1 atom stereocenters. The molecule has 4 rings (SSSR count). The van der Waals surface area contributed by atoms with Crippen LogP contribution in [-0.2, 0) is 24.1 Å². The van der Waals surface area contributed by atoms with E-state index in [0.717, 1.165) is 21.9 Å². The van der Waals surface area contributed by atoms with Gasteiger partial charge in [-0.15, -0.1) is 0 Å². The van der Waals surface area contributed by atoms with Crippen LogP contribution in [0.2, 0.25) is 0 Å². The molecule has 0 fully saturated rings. The van der Waals surface area contributed by atoms with Crippen molar-refractivity contribution in [3.8, 4) is 0 Å². The maximum atomic E-state index is 12.5. The van der Waals surface area contributed by atoms with E-state index in [2.05, 4.69) is 0 Å².